The van der Waals surface area contributed by atoms with E-state index in [1.165, 1.54) is 29.2 Å². The number of aliphatic carboxylic acids is 1. The molecule has 1 aliphatic heterocycles. The Bertz CT molecular complexity index is 765. The van der Waals surface area contributed by atoms with Gasteiger partial charge in [-0.3, -0.25) is 4.79 Å². The molecule has 1 amide bonds. The van der Waals surface area contributed by atoms with Gasteiger partial charge in [-0.2, -0.15) is 11.8 Å². The Balaban J connectivity index is 1.97. The van der Waals surface area contributed by atoms with Gasteiger partial charge < -0.3 is 10.4 Å². The number of amides is 1. The highest BCUT2D eigenvalue weighted by Crippen LogP contribution is 2.34. The molecular formula is C15H14FNO3S2. The smallest absolute Gasteiger partial charge is 0.330 e. The number of nitrogens with one attached hydrogen (secondary N) is 1. The lowest BCUT2D eigenvalue weighted by Crippen LogP contribution is -2.54. The molecule has 1 aromatic heterocycles. The van der Waals surface area contributed by atoms with Crippen LogP contribution >= 0.6 is 23.1 Å². The summed E-state index contributed by atoms with van der Waals surface area (Å²) in [6.45, 7) is 1.69. The molecule has 22 heavy (non-hydrogen) atoms. The van der Waals surface area contributed by atoms with E-state index in [9.17, 15) is 19.1 Å². The van der Waals surface area contributed by atoms with Gasteiger partial charge >= 0.3 is 5.97 Å². The number of hydrogen-bond acceptors (Lipinski definition) is 4. The second kappa shape index (κ2) is 5.55. The highest BCUT2D eigenvalue weighted by atomic mass is 32.2. The van der Waals surface area contributed by atoms with Crippen LogP contribution in [0.25, 0.3) is 10.1 Å². The summed E-state index contributed by atoms with van der Waals surface area (Å²) >= 11 is 2.69. The van der Waals surface area contributed by atoms with Gasteiger partial charge in [0.1, 0.15) is 11.4 Å². The highest BCUT2D eigenvalue weighted by Gasteiger charge is 2.43. The molecule has 1 saturated heterocycles. The standard InChI is InChI=1S/C15H14FNO3S2/c1-8-11-9(16)3-2-4-10(11)22-12(8)13(18)17-15(14(19)20)5-6-21-7-15/h2-4H,5-7H2,1H3,(H,17,18)(H,19,20). The normalized spacial score (nSPS) is 21.2. The van der Waals surface area contributed by atoms with Crippen molar-refractivity contribution in [3.63, 3.8) is 0 Å². The summed E-state index contributed by atoms with van der Waals surface area (Å²) < 4.78 is 14.6. The first-order chi connectivity index (χ1) is 10.4. The number of thioether (sulfide) groups is 1. The predicted octanol–water partition coefficient (Wildman–Crippen LogP) is 3.04. The van der Waals surface area contributed by atoms with Gasteiger partial charge in [0, 0.05) is 15.8 Å². The topological polar surface area (TPSA) is 66.4 Å². The summed E-state index contributed by atoms with van der Waals surface area (Å²) in [5, 5.41) is 12.5. The molecule has 0 saturated carbocycles. The van der Waals surface area contributed by atoms with Crippen molar-refractivity contribution in [1.29, 1.82) is 0 Å². The Kier molecular flexibility index (Phi) is 3.86. The van der Waals surface area contributed by atoms with Gasteiger partial charge in [-0.15, -0.1) is 11.3 Å². The zero-order valence-corrected chi connectivity index (χ0v) is 13.4. The summed E-state index contributed by atoms with van der Waals surface area (Å²) in [4.78, 5) is 24.4. The maximum atomic E-state index is 13.9. The van der Waals surface area contributed by atoms with Crippen LogP contribution in [0.5, 0.6) is 0 Å². The van der Waals surface area contributed by atoms with Crippen LogP contribution in [0.1, 0.15) is 21.7 Å². The monoisotopic (exact) mass is 339 g/mol. The number of carbonyl (C=O) groups excluding carboxylic acids is 1. The molecule has 1 aromatic carbocycles. The third kappa shape index (κ3) is 2.38. The van der Waals surface area contributed by atoms with E-state index in [0.717, 1.165) is 0 Å². The quantitative estimate of drug-likeness (QED) is 0.902. The predicted molar refractivity (Wildman–Crippen MR) is 86.3 cm³/mol. The second-order valence-corrected chi connectivity index (χ2v) is 7.47. The van der Waals surface area contributed by atoms with Gasteiger partial charge in [0.15, 0.2) is 0 Å². The maximum absolute atomic E-state index is 13.9. The SMILES string of the molecule is Cc1c(C(=O)NC2(C(=O)O)CCSC2)sc2cccc(F)c12. The van der Waals surface area contributed by atoms with Crippen LogP contribution in [0.3, 0.4) is 0 Å². The molecule has 2 N–H and O–H groups in total. The first kappa shape index (κ1) is 15.3. The van der Waals surface area contributed by atoms with Crippen LogP contribution in [0.2, 0.25) is 0 Å². The number of thiophene rings is 1. The fraction of sp³-hybridized carbons (Fsp3) is 0.333. The van der Waals surface area contributed by atoms with Crippen molar-refractivity contribution in [3.8, 4) is 0 Å². The Morgan fingerprint density at radius 2 is 2.18 bits per heavy atom. The fourth-order valence-corrected chi connectivity index (χ4v) is 5.07. The van der Waals surface area contributed by atoms with Crippen molar-refractivity contribution in [1.82, 2.24) is 5.32 Å². The average molecular weight is 339 g/mol. The molecular weight excluding hydrogens is 325 g/mol. The largest absolute Gasteiger partial charge is 0.479 e. The van der Waals surface area contributed by atoms with Crippen molar-refractivity contribution >= 4 is 45.1 Å². The molecule has 1 atom stereocenters. The summed E-state index contributed by atoms with van der Waals surface area (Å²) in [7, 11) is 0. The minimum Gasteiger partial charge on any atom is -0.479 e. The molecule has 0 spiro atoms. The molecule has 2 heterocycles. The Morgan fingerprint density at radius 1 is 1.41 bits per heavy atom. The van der Waals surface area contributed by atoms with E-state index in [0.29, 0.717) is 38.5 Å². The van der Waals surface area contributed by atoms with Crippen LogP contribution in [-0.4, -0.2) is 34.0 Å². The van der Waals surface area contributed by atoms with E-state index in [2.05, 4.69) is 5.32 Å². The number of fused-ring (bicyclic) bond motifs is 1. The minimum absolute atomic E-state index is 0.354. The number of benzene rings is 1. The van der Waals surface area contributed by atoms with Gasteiger partial charge in [-0.1, -0.05) is 6.07 Å². The average Bonchev–Trinajstić information content (AvgIpc) is 3.05. The summed E-state index contributed by atoms with van der Waals surface area (Å²) in [6, 6.07) is 4.71. The molecule has 3 rings (SSSR count). The summed E-state index contributed by atoms with van der Waals surface area (Å²) in [6.07, 6.45) is 0.400. The highest BCUT2D eigenvalue weighted by molar-refractivity contribution is 7.99. The summed E-state index contributed by atoms with van der Waals surface area (Å²) in [5.41, 5.74) is -0.662. The molecule has 0 aliphatic carbocycles. The van der Waals surface area contributed by atoms with Crippen LogP contribution in [0.4, 0.5) is 4.39 Å². The third-order valence-corrected chi connectivity index (χ3v) is 6.34. The van der Waals surface area contributed by atoms with Gasteiger partial charge in [0.2, 0.25) is 0 Å². The number of rotatable bonds is 3. The molecule has 7 heteroatoms. The second-order valence-electron chi connectivity index (χ2n) is 5.31. The lowest BCUT2D eigenvalue weighted by molar-refractivity contribution is -0.143. The first-order valence-electron chi connectivity index (χ1n) is 6.76. The third-order valence-electron chi connectivity index (χ3n) is 3.89. The zero-order valence-electron chi connectivity index (χ0n) is 11.8. The lowest BCUT2D eigenvalue weighted by atomic mass is 9.99. The first-order valence-corrected chi connectivity index (χ1v) is 8.73. The number of halogens is 1. The lowest BCUT2D eigenvalue weighted by Gasteiger charge is -2.24. The van der Waals surface area contributed by atoms with Crippen molar-refractivity contribution in [2.24, 2.45) is 0 Å². The molecule has 4 nitrogen and oxygen atoms in total. The van der Waals surface area contributed by atoms with Crippen LogP contribution < -0.4 is 5.32 Å². The number of carboxylic acids is 1. The number of hydrogen-bond donors (Lipinski definition) is 2. The molecule has 1 aliphatic rings. The Hall–Kier alpha value is -1.60. The van der Waals surface area contributed by atoms with Crippen LogP contribution in [0.15, 0.2) is 18.2 Å². The van der Waals surface area contributed by atoms with E-state index < -0.39 is 17.4 Å². The van der Waals surface area contributed by atoms with Gasteiger partial charge in [-0.25, -0.2) is 9.18 Å². The fourth-order valence-electron chi connectivity index (χ4n) is 2.63. The van der Waals surface area contributed by atoms with Crippen molar-refractivity contribution in [2.45, 2.75) is 18.9 Å². The molecule has 2 aromatic rings. The van der Waals surface area contributed by atoms with Gasteiger partial charge in [0.05, 0.1) is 4.88 Å². The van der Waals surface area contributed by atoms with Crippen LogP contribution in [-0.2, 0) is 4.79 Å². The number of carboxylic acid groups (broad SMARTS) is 1. The molecule has 1 fully saturated rings. The molecule has 0 bridgehead atoms. The van der Waals surface area contributed by atoms with E-state index >= 15 is 0 Å². The van der Waals surface area contributed by atoms with E-state index in [4.69, 9.17) is 0 Å². The molecule has 0 radical (unpaired) electrons. The van der Waals surface area contributed by atoms with Gasteiger partial charge in [-0.05, 0) is 36.8 Å². The maximum Gasteiger partial charge on any atom is 0.330 e. The van der Waals surface area contributed by atoms with Crippen LogP contribution in [0, 0.1) is 12.7 Å². The zero-order chi connectivity index (χ0) is 15.9. The van der Waals surface area contributed by atoms with E-state index in [-0.39, 0.29) is 5.82 Å². The molecule has 116 valence electrons. The van der Waals surface area contributed by atoms with E-state index in [1.807, 2.05) is 0 Å². The number of carbonyl (C=O) groups is 2. The van der Waals surface area contributed by atoms with Gasteiger partial charge in [0.25, 0.3) is 5.91 Å². The van der Waals surface area contributed by atoms with Crippen molar-refractivity contribution < 1.29 is 19.1 Å². The number of aryl methyl sites for hydroxylation is 1. The van der Waals surface area contributed by atoms with Crippen molar-refractivity contribution in [2.75, 3.05) is 11.5 Å². The summed E-state index contributed by atoms with van der Waals surface area (Å²) in [5.74, 6) is -0.771. The molecule has 1 unspecified atom stereocenters. The minimum atomic E-state index is -1.22. The Morgan fingerprint density at radius 3 is 2.77 bits per heavy atom. The Labute approximate surface area is 134 Å². The van der Waals surface area contributed by atoms with E-state index in [1.54, 1.807) is 19.1 Å². The van der Waals surface area contributed by atoms with Crippen molar-refractivity contribution in [3.05, 3.63) is 34.5 Å².